The zero-order chi connectivity index (χ0) is 23.0. The molecule has 1 atom stereocenters. The maximum absolute atomic E-state index is 12.5. The molecule has 31 heavy (non-hydrogen) atoms. The number of anilines is 1. The predicted molar refractivity (Wildman–Crippen MR) is 114 cm³/mol. The van der Waals surface area contributed by atoms with Crippen LogP contribution in [-0.2, 0) is 9.53 Å². The van der Waals surface area contributed by atoms with Gasteiger partial charge in [-0.2, -0.15) is 5.26 Å². The van der Waals surface area contributed by atoms with Crippen molar-refractivity contribution >= 4 is 17.7 Å². The zero-order valence-electron chi connectivity index (χ0n) is 18.2. The molecule has 0 radical (unpaired) electrons. The number of aromatic nitrogens is 1. The van der Waals surface area contributed by atoms with Gasteiger partial charge in [0.1, 0.15) is 29.2 Å². The lowest BCUT2D eigenvalue weighted by atomic mass is 10.2. The molecule has 2 aromatic rings. The number of pyridine rings is 1. The summed E-state index contributed by atoms with van der Waals surface area (Å²) in [5.74, 6) is 0.754. The monoisotopic (exact) mass is 426 g/mol. The standard InChI is InChI=1S/C22H26N4O5/c1-6-17(26-21(28)31-22(2,3)4)20(27)25-15-8-10-19(24-13-15)30-16-9-7-14(12-23)18(11-16)29-5/h7-11,13,17H,6H2,1-5H3,(H,25,27)(H,26,28)/t17-/m1/s1. The van der Waals surface area contributed by atoms with Crippen LogP contribution in [0.15, 0.2) is 36.5 Å². The number of methoxy groups -OCH3 is 1. The number of hydrogen-bond acceptors (Lipinski definition) is 7. The number of nitriles is 1. The Morgan fingerprint density at radius 1 is 1.23 bits per heavy atom. The van der Waals surface area contributed by atoms with Crippen LogP contribution in [0.5, 0.6) is 17.4 Å². The number of rotatable bonds is 7. The van der Waals surface area contributed by atoms with E-state index >= 15 is 0 Å². The number of nitrogens with zero attached hydrogens (tertiary/aromatic N) is 2. The average Bonchev–Trinajstić information content (AvgIpc) is 2.72. The molecule has 0 aliphatic rings. The molecule has 0 bridgehead atoms. The minimum absolute atomic E-state index is 0.295. The third-order valence-corrected chi connectivity index (χ3v) is 3.94. The summed E-state index contributed by atoms with van der Waals surface area (Å²) < 4.78 is 16.0. The van der Waals surface area contributed by atoms with E-state index in [9.17, 15) is 9.59 Å². The smallest absolute Gasteiger partial charge is 0.408 e. The zero-order valence-corrected chi connectivity index (χ0v) is 18.2. The van der Waals surface area contributed by atoms with E-state index in [1.54, 1.807) is 58.0 Å². The molecule has 0 saturated heterocycles. The largest absolute Gasteiger partial charge is 0.495 e. The van der Waals surface area contributed by atoms with Gasteiger partial charge < -0.3 is 24.8 Å². The lowest BCUT2D eigenvalue weighted by Crippen LogP contribution is -2.45. The number of ether oxygens (including phenoxy) is 3. The lowest BCUT2D eigenvalue weighted by molar-refractivity contribution is -0.118. The quantitative estimate of drug-likeness (QED) is 0.686. The van der Waals surface area contributed by atoms with Crippen LogP contribution in [0.1, 0.15) is 39.7 Å². The SMILES string of the molecule is CC[C@@H](NC(=O)OC(C)(C)C)C(=O)Nc1ccc(Oc2ccc(C#N)c(OC)c2)nc1. The number of alkyl carbamates (subject to hydrolysis) is 1. The molecule has 0 unspecified atom stereocenters. The van der Waals surface area contributed by atoms with Gasteiger partial charge in [0, 0.05) is 12.1 Å². The van der Waals surface area contributed by atoms with Gasteiger partial charge in [0.25, 0.3) is 0 Å². The highest BCUT2D eigenvalue weighted by Gasteiger charge is 2.23. The number of benzene rings is 1. The Morgan fingerprint density at radius 3 is 2.52 bits per heavy atom. The van der Waals surface area contributed by atoms with Crippen molar-refractivity contribution in [2.24, 2.45) is 0 Å². The minimum Gasteiger partial charge on any atom is -0.495 e. The van der Waals surface area contributed by atoms with E-state index in [4.69, 9.17) is 19.5 Å². The second-order valence-corrected chi connectivity index (χ2v) is 7.56. The Hall–Kier alpha value is -3.80. The first-order valence-corrected chi connectivity index (χ1v) is 9.67. The number of amides is 2. The molecule has 9 heteroatoms. The molecular weight excluding hydrogens is 400 g/mol. The fourth-order valence-electron chi connectivity index (χ4n) is 2.49. The summed E-state index contributed by atoms with van der Waals surface area (Å²) in [5.41, 5.74) is 0.183. The van der Waals surface area contributed by atoms with Crippen LogP contribution in [0.4, 0.5) is 10.5 Å². The highest BCUT2D eigenvalue weighted by Crippen LogP contribution is 2.27. The summed E-state index contributed by atoms with van der Waals surface area (Å²) >= 11 is 0. The van der Waals surface area contributed by atoms with Gasteiger partial charge in [0.2, 0.25) is 11.8 Å². The van der Waals surface area contributed by atoms with Crippen LogP contribution < -0.4 is 20.1 Å². The topological polar surface area (TPSA) is 123 Å². The first-order valence-electron chi connectivity index (χ1n) is 9.67. The number of hydrogen-bond donors (Lipinski definition) is 2. The molecule has 0 fully saturated rings. The van der Waals surface area contributed by atoms with E-state index in [1.165, 1.54) is 13.3 Å². The fourth-order valence-corrected chi connectivity index (χ4v) is 2.49. The molecule has 2 rings (SSSR count). The van der Waals surface area contributed by atoms with Crippen molar-refractivity contribution in [2.45, 2.75) is 45.8 Å². The van der Waals surface area contributed by atoms with Gasteiger partial charge in [0.15, 0.2) is 0 Å². The van der Waals surface area contributed by atoms with Crippen LogP contribution in [0.25, 0.3) is 0 Å². The van der Waals surface area contributed by atoms with Crippen molar-refractivity contribution < 1.29 is 23.8 Å². The van der Waals surface area contributed by atoms with E-state index in [-0.39, 0.29) is 5.91 Å². The second kappa shape index (κ2) is 10.3. The van der Waals surface area contributed by atoms with E-state index in [0.29, 0.717) is 35.1 Å². The van der Waals surface area contributed by atoms with Crippen molar-refractivity contribution in [3.05, 3.63) is 42.1 Å². The summed E-state index contributed by atoms with van der Waals surface area (Å²) in [6.45, 7) is 7.02. The lowest BCUT2D eigenvalue weighted by Gasteiger charge is -2.22. The van der Waals surface area contributed by atoms with E-state index in [0.717, 1.165) is 0 Å². The molecule has 0 aliphatic carbocycles. The second-order valence-electron chi connectivity index (χ2n) is 7.56. The molecule has 9 nitrogen and oxygen atoms in total. The van der Waals surface area contributed by atoms with Crippen LogP contribution in [0.3, 0.4) is 0 Å². The summed E-state index contributed by atoms with van der Waals surface area (Å²) in [5, 5.41) is 14.3. The van der Waals surface area contributed by atoms with Crippen molar-refractivity contribution in [3.63, 3.8) is 0 Å². The van der Waals surface area contributed by atoms with Crippen LogP contribution in [0.2, 0.25) is 0 Å². The van der Waals surface area contributed by atoms with Crippen LogP contribution in [0, 0.1) is 11.3 Å². The Kier molecular flexibility index (Phi) is 7.80. The molecule has 2 amide bonds. The first-order chi connectivity index (χ1) is 14.6. The van der Waals surface area contributed by atoms with Crippen molar-refractivity contribution in [1.29, 1.82) is 5.26 Å². The number of carbonyl (C=O) groups is 2. The normalized spacial score (nSPS) is 11.6. The third kappa shape index (κ3) is 7.19. The Balaban J connectivity index is 1.99. The minimum atomic E-state index is -0.753. The van der Waals surface area contributed by atoms with Crippen molar-refractivity contribution in [1.82, 2.24) is 10.3 Å². The van der Waals surface area contributed by atoms with Gasteiger partial charge in [-0.15, -0.1) is 0 Å². The number of carbonyl (C=O) groups excluding carboxylic acids is 2. The molecule has 0 spiro atoms. The van der Waals surface area contributed by atoms with Gasteiger partial charge >= 0.3 is 6.09 Å². The third-order valence-electron chi connectivity index (χ3n) is 3.94. The van der Waals surface area contributed by atoms with Gasteiger partial charge in [-0.1, -0.05) is 6.92 Å². The summed E-state index contributed by atoms with van der Waals surface area (Å²) in [6.07, 6.45) is 1.17. The van der Waals surface area contributed by atoms with Gasteiger partial charge in [0.05, 0.1) is 24.6 Å². The van der Waals surface area contributed by atoms with Gasteiger partial charge in [-0.05, 0) is 45.4 Å². The summed E-state index contributed by atoms with van der Waals surface area (Å²) in [4.78, 5) is 28.6. The molecule has 1 aromatic carbocycles. The predicted octanol–water partition coefficient (Wildman–Crippen LogP) is 4.00. The Bertz CT molecular complexity index is 961. The highest BCUT2D eigenvalue weighted by atomic mass is 16.6. The first kappa shape index (κ1) is 23.5. The van der Waals surface area contributed by atoms with Crippen LogP contribution >= 0.6 is 0 Å². The summed E-state index contributed by atoms with van der Waals surface area (Å²) in [7, 11) is 1.47. The average molecular weight is 426 g/mol. The molecule has 1 heterocycles. The maximum Gasteiger partial charge on any atom is 0.408 e. The van der Waals surface area contributed by atoms with Gasteiger partial charge in [-0.25, -0.2) is 9.78 Å². The van der Waals surface area contributed by atoms with Crippen molar-refractivity contribution in [3.8, 4) is 23.4 Å². The Morgan fingerprint density at radius 2 is 1.97 bits per heavy atom. The van der Waals surface area contributed by atoms with Gasteiger partial charge in [-0.3, -0.25) is 4.79 Å². The maximum atomic E-state index is 12.5. The Labute approximate surface area is 181 Å². The summed E-state index contributed by atoms with van der Waals surface area (Å²) in [6, 6.07) is 9.30. The molecule has 0 saturated carbocycles. The van der Waals surface area contributed by atoms with Crippen molar-refractivity contribution in [2.75, 3.05) is 12.4 Å². The molecular formula is C22H26N4O5. The van der Waals surface area contributed by atoms with Crippen LogP contribution in [-0.4, -0.2) is 35.7 Å². The highest BCUT2D eigenvalue weighted by molar-refractivity contribution is 5.96. The fraction of sp³-hybridized carbons (Fsp3) is 0.364. The van der Waals surface area contributed by atoms with E-state index in [1.807, 2.05) is 6.07 Å². The molecule has 2 N–H and O–H groups in total. The molecule has 164 valence electrons. The molecule has 1 aromatic heterocycles. The van der Waals surface area contributed by atoms with E-state index < -0.39 is 17.7 Å². The number of nitrogens with one attached hydrogen (secondary N) is 2. The van der Waals surface area contributed by atoms with E-state index in [2.05, 4.69) is 15.6 Å². The molecule has 0 aliphatic heterocycles.